The van der Waals surface area contributed by atoms with Crippen molar-refractivity contribution >= 4 is 11.6 Å². The first-order valence-corrected chi connectivity index (χ1v) is 6.67. The van der Waals surface area contributed by atoms with Crippen LogP contribution in [0.2, 0.25) is 5.02 Å². The van der Waals surface area contributed by atoms with Gasteiger partial charge in [0.15, 0.2) is 6.10 Å². The van der Waals surface area contributed by atoms with Crippen molar-refractivity contribution in [1.29, 1.82) is 0 Å². The lowest BCUT2D eigenvalue weighted by molar-refractivity contribution is -0.236. The predicted molar refractivity (Wildman–Crippen MR) is 66.8 cm³/mol. The number of benzene rings is 1. The SMILES string of the molecule is NC(c1ccc(F)c(Cl)c1F)[C@H]1CC[C@H](C(F)(F)F)OC1. The molecular formula is C13H13ClF5NO. The van der Waals surface area contributed by atoms with Crippen molar-refractivity contribution in [2.75, 3.05) is 6.61 Å². The van der Waals surface area contributed by atoms with Gasteiger partial charge >= 0.3 is 6.18 Å². The maximum atomic E-state index is 13.9. The quantitative estimate of drug-likeness (QED) is 0.658. The summed E-state index contributed by atoms with van der Waals surface area (Å²) in [6, 6.07) is 1.22. The van der Waals surface area contributed by atoms with E-state index in [-0.39, 0.29) is 25.0 Å². The summed E-state index contributed by atoms with van der Waals surface area (Å²) in [4.78, 5) is 0. The maximum Gasteiger partial charge on any atom is 0.414 e. The zero-order valence-electron chi connectivity index (χ0n) is 10.8. The summed E-state index contributed by atoms with van der Waals surface area (Å²) < 4.78 is 69.1. The smallest absolute Gasteiger partial charge is 0.368 e. The van der Waals surface area contributed by atoms with Crippen LogP contribution in [0, 0.1) is 17.6 Å². The lowest BCUT2D eigenvalue weighted by Gasteiger charge is -2.33. The van der Waals surface area contributed by atoms with Crippen LogP contribution in [0.15, 0.2) is 12.1 Å². The molecule has 2 nitrogen and oxygen atoms in total. The van der Waals surface area contributed by atoms with E-state index in [0.717, 1.165) is 12.1 Å². The molecule has 21 heavy (non-hydrogen) atoms. The fourth-order valence-corrected chi connectivity index (χ4v) is 2.54. The van der Waals surface area contributed by atoms with Crippen LogP contribution in [0.3, 0.4) is 0 Å². The van der Waals surface area contributed by atoms with Gasteiger partial charge in [-0.15, -0.1) is 0 Å². The van der Waals surface area contributed by atoms with Gasteiger partial charge in [0.2, 0.25) is 0 Å². The molecule has 1 aliphatic rings. The Morgan fingerprint density at radius 1 is 1.24 bits per heavy atom. The largest absolute Gasteiger partial charge is 0.414 e. The number of ether oxygens (including phenoxy) is 1. The van der Waals surface area contributed by atoms with Gasteiger partial charge in [0, 0.05) is 17.5 Å². The van der Waals surface area contributed by atoms with Gasteiger partial charge in [-0.05, 0) is 18.9 Å². The van der Waals surface area contributed by atoms with Gasteiger partial charge in [0.25, 0.3) is 0 Å². The minimum Gasteiger partial charge on any atom is -0.368 e. The first-order valence-electron chi connectivity index (χ1n) is 6.29. The molecule has 1 heterocycles. The average molecular weight is 330 g/mol. The van der Waals surface area contributed by atoms with Crippen molar-refractivity contribution in [3.05, 3.63) is 34.4 Å². The van der Waals surface area contributed by atoms with Crippen LogP contribution >= 0.6 is 11.6 Å². The summed E-state index contributed by atoms with van der Waals surface area (Å²) in [7, 11) is 0. The van der Waals surface area contributed by atoms with Crippen LogP contribution in [-0.4, -0.2) is 18.9 Å². The Bertz CT molecular complexity index is 514. The van der Waals surface area contributed by atoms with E-state index in [1.54, 1.807) is 0 Å². The van der Waals surface area contributed by atoms with Gasteiger partial charge in [-0.1, -0.05) is 17.7 Å². The van der Waals surface area contributed by atoms with Gasteiger partial charge < -0.3 is 10.5 Å². The number of nitrogens with two attached hydrogens (primary N) is 1. The third-order valence-corrected chi connectivity index (χ3v) is 3.95. The standard InChI is InChI=1S/C13H13ClF5NO/c14-10-8(15)3-2-7(11(10)16)12(20)6-1-4-9(21-5-6)13(17,18)19/h2-3,6,9,12H,1,4-5,20H2/t6-,9+,12?/m0/s1. The molecule has 1 aromatic carbocycles. The fraction of sp³-hybridized carbons (Fsp3) is 0.538. The van der Waals surface area contributed by atoms with E-state index in [9.17, 15) is 22.0 Å². The topological polar surface area (TPSA) is 35.2 Å². The van der Waals surface area contributed by atoms with E-state index in [0.29, 0.717) is 0 Å². The summed E-state index contributed by atoms with van der Waals surface area (Å²) in [5.41, 5.74) is 5.83. The van der Waals surface area contributed by atoms with E-state index >= 15 is 0 Å². The van der Waals surface area contributed by atoms with Crippen molar-refractivity contribution in [3.8, 4) is 0 Å². The molecule has 0 aromatic heterocycles. The Morgan fingerprint density at radius 3 is 2.43 bits per heavy atom. The van der Waals surface area contributed by atoms with E-state index in [1.165, 1.54) is 0 Å². The highest BCUT2D eigenvalue weighted by Crippen LogP contribution is 2.37. The fourth-order valence-electron chi connectivity index (χ4n) is 2.37. The van der Waals surface area contributed by atoms with Crippen molar-refractivity contribution in [1.82, 2.24) is 0 Å². The first kappa shape index (κ1) is 16.5. The molecule has 1 fully saturated rings. The average Bonchev–Trinajstić information content (AvgIpc) is 2.43. The number of rotatable bonds is 2. The molecule has 1 aliphatic heterocycles. The molecule has 3 atom stereocenters. The minimum atomic E-state index is -4.42. The molecule has 0 bridgehead atoms. The Labute approximate surface area is 123 Å². The maximum absolute atomic E-state index is 13.9. The van der Waals surface area contributed by atoms with Crippen molar-refractivity contribution in [2.45, 2.75) is 31.2 Å². The molecule has 118 valence electrons. The highest BCUT2D eigenvalue weighted by molar-refractivity contribution is 6.30. The van der Waals surface area contributed by atoms with E-state index in [4.69, 9.17) is 22.1 Å². The lowest BCUT2D eigenvalue weighted by Crippen LogP contribution is -2.40. The second-order valence-corrected chi connectivity index (χ2v) is 5.37. The van der Waals surface area contributed by atoms with E-state index in [1.807, 2.05) is 0 Å². The zero-order chi connectivity index (χ0) is 15.8. The molecule has 0 aliphatic carbocycles. The molecule has 0 saturated carbocycles. The number of hydrogen-bond donors (Lipinski definition) is 1. The van der Waals surface area contributed by atoms with E-state index in [2.05, 4.69) is 0 Å². The molecule has 0 radical (unpaired) electrons. The van der Waals surface area contributed by atoms with Gasteiger partial charge in [-0.25, -0.2) is 8.78 Å². The molecule has 8 heteroatoms. The Kier molecular flexibility index (Phi) is 4.75. The number of halogens is 6. The van der Waals surface area contributed by atoms with Crippen LogP contribution in [0.4, 0.5) is 22.0 Å². The summed E-state index contributed by atoms with van der Waals surface area (Å²) in [5.74, 6) is -2.39. The van der Waals surface area contributed by atoms with Crippen LogP contribution in [0.1, 0.15) is 24.4 Å². The summed E-state index contributed by atoms with van der Waals surface area (Å²) in [6.45, 7) is -0.236. The minimum absolute atomic E-state index is 0.0274. The van der Waals surface area contributed by atoms with Gasteiger partial charge in [0.1, 0.15) is 16.7 Å². The molecule has 0 amide bonds. The van der Waals surface area contributed by atoms with Crippen LogP contribution in [0.5, 0.6) is 0 Å². The normalized spacial score (nSPS) is 24.9. The summed E-state index contributed by atoms with van der Waals surface area (Å²) in [6.07, 6.45) is -6.33. The summed E-state index contributed by atoms with van der Waals surface area (Å²) in [5, 5.41) is -0.673. The Morgan fingerprint density at radius 2 is 1.90 bits per heavy atom. The third kappa shape index (κ3) is 3.46. The van der Waals surface area contributed by atoms with E-state index < -0.39 is 40.9 Å². The van der Waals surface area contributed by atoms with Crippen LogP contribution in [0.25, 0.3) is 0 Å². The Balaban J connectivity index is 2.09. The molecular weight excluding hydrogens is 317 g/mol. The monoisotopic (exact) mass is 329 g/mol. The molecule has 2 N–H and O–H groups in total. The molecule has 0 spiro atoms. The van der Waals surface area contributed by atoms with Crippen molar-refractivity contribution in [3.63, 3.8) is 0 Å². The van der Waals surface area contributed by atoms with Gasteiger partial charge in [0.05, 0.1) is 6.61 Å². The van der Waals surface area contributed by atoms with Crippen LogP contribution in [-0.2, 0) is 4.74 Å². The molecule has 1 saturated heterocycles. The Hall–Kier alpha value is -0.920. The van der Waals surface area contributed by atoms with Crippen molar-refractivity contribution < 1.29 is 26.7 Å². The third-order valence-electron chi connectivity index (χ3n) is 3.61. The molecule has 1 aromatic rings. The van der Waals surface area contributed by atoms with Gasteiger partial charge in [-0.3, -0.25) is 0 Å². The molecule has 1 unspecified atom stereocenters. The number of alkyl halides is 3. The lowest BCUT2D eigenvalue weighted by atomic mass is 9.87. The highest BCUT2D eigenvalue weighted by Gasteiger charge is 2.43. The van der Waals surface area contributed by atoms with Crippen LogP contribution < -0.4 is 5.73 Å². The number of hydrogen-bond acceptors (Lipinski definition) is 2. The summed E-state index contributed by atoms with van der Waals surface area (Å²) >= 11 is 5.46. The van der Waals surface area contributed by atoms with Gasteiger partial charge in [-0.2, -0.15) is 13.2 Å². The van der Waals surface area contributed by atoms with Crippen molar-refractivity contribution in [2.24, 2.45) is 11.7 Å². The second-order valence-electron chi connectivity index (χ2n) is 4.99. The predicted octanol–water partition coefficient (Wildman–Crippen LogP) is 3.98. The second kappa shape index (κ2) is 6.06. The highest BCUT2D eigenvalue weighted by atomic mass is 35.5. The molecule has 2 rings (SSSR count). The zero-order valence-corrected chi connectivity index (χ0v) is 11.5. The first-order chi connectivity index (χ1) is 9.71.